The van der Waals surface area contributed by atoms with Gasteiger partial charge in [-0.25, -0.2) is 4.79 Å². The van der Waals surface area contributed by atoms with Crippen LogP contribution in [0.2, 0.25) is 0 Å². The molecular formula is C9H15NO3. The first-order valence-corrected chi connectivity index (χ1v) is 4.25. The lowest BCUT2D eigenvalue weighted by atomic mass is 10.1. The van der Waals surface area contributed by atoms with E-state index in [9.17, 15) is 9.59 Å². The van der Waals surface area contributed by atoms with Crippen molar-refractivity contribution in [1.29, 1.82) is 0 Å². The van der Waals surface area contributed by atoms with Gasteiger partial charge in [-0.1, -0.05) is 13.8 Å². The Kier molecular flexibility index (Phi) is 5.85. The molecule has 0 aliphatic rings. The summed E-state index contributed by atoms with van der Waals surface area (Å²) in [6, 6.07) is -0.906. The molecule has 0 saturated heterocycles. The summed E-state index contributed by atoms with van der Waals surface area (Å²) in [7, 11) is 0. The molecule has 0 amide bonds. The zero-order valence-corrected chi connectivity index (χ0v) is 7.91. The topological polar surface area (TPSA) is 66.4 Å². The van der Waals surface area contributed by atoms with Gasteiger partial charge in [-0.3, -0.25) is 4.79 Å². The Morgan fingerprint density at radius 3 is 2.62 bits per heavy atom. The second-order valence-corrected chi connectivity index (χ2v) is 3.24. The molecule has 0 heterocycles. The fourth-order valence-corrected chi connectivity index (χ4v) is 0.813. The first-order valence-electron chi connectivity index (χ1n) is 4.25. The van der Waals surface area contributed by atoms with Crippen molar-refractivity contribution in [2.45, 2.75) is 26.3 Å². The minimum atomic E-state index is -1.05. The quantitative estimate of drug-likeness (QED) is 0.590. The maximum Gasteiger partial charge on any atom is 0.325 e. The van der Waals surface area contributed by atoms with Crippen LogP contribution in [0.4, 0.5) is 0 Å². The van der Waals surface area contributed by atoms with Crippen LogP contribution in [-0.2, 0) is 9.59 Å². The zero-order chi connectivity index (χ0) is 10.3. The van der Waals surface area contributed by atoms with Crippen molar-refractivity contribution in [2.24, 2.45) is 5.92 Å². The van der Waals surface area contributed by atoms with Crippen LogP contribution in [0.15, 0.2) is 6.08 Å². The van der Waals surface area contributed by atoms with E-state index in [1.165, 1.54) is 5.94 Å². The monoisotopic (exact) mass is 185 g/mol. The third-order valence-electron chi connectivity index (χ3n) is 1.59. The average molecular weight is 185 g/mol. The zero-order valence-electron chi connectivity index (χ0n) is 7.91. The van der Waals surface area contributed by atoms with E-state index in [1.54, 1.807) is 0 Å². The van der Waals surface area contributed by atoms with Crippen LogP contribution in [0, 0.1) is 5.92 Å². The Balaban J connectivity index is 3.83. The number of aliphatic carboxylic acids is 1. The summed E-state index contributed by atoms with van der Waals surface area (Å²) in [5, 5.41) is 11.3. The molecule has 0 aromatic carbocycles. The van der Waals surface area contributed by atoms with Gasteiger partial charge in [0.1, 0.15) is 12.0 Å². The van der Waals surface area contributed by atoms with E-state index < -0.39 is 12.0 Å². The molecule has 0 aliphatic heterocycles. The molecule has 1 unspecified atom stereocenters. The van der Waals surface area contributed by atoms with Crippen molar-refractivity contribution in [3.05, 3.63) is 6.08 Å². The molecule has 4 nitrogen and oxygen atoms in total. The van der Waals surface area contributed by atoms with E-state index in [0.717, 1.165) is 12.5 Å². The van der Waals surface area contributed by atoms with Crippen LogP contribution >= 0.6 is 0 Å². The van der Waals surface area contributed by atoms with Crippen LogP contribution in [-0.4, -0.2) is 29.6 Å². The van der Waals surface area contributed by atoms with Crippen LogP contribution < -0.4 is 5.32 Å². The lowest BCUT2D eigenvalue weighted by Crippen LogP contribution is -2.36. The molecule has 0 bridgehead atoms. The van der Waals surface area contributed by atoms with Gasteiger partial charge < -0.3 is 10.4 Å². The van der Waals surface area contributed by atoms with Crippen molar-refractivity contribution >= 4 is 11.9 Å². The highest BCUT2D eigenvalue weighted by Gasteiger charge is 2.12. The highest BCUT2D eigenvalue weighted by atomic mass is 16.4. The fourth-order valence-electron chi connectivity index (χ4n) is 0.813. The van der Waals surface area contributed by atoms with Crippen LogP contribution in [0.25, 0.3) is 0 Å². The van der Waals surface area contributed by atoms with E-state index in [1.807, 2.05) is 13.8 Å². The van der Waals surface area contributed by atoms with Gasteiger partial charge in [-0.05, 0) is 18.9 Å². The molecule has 0 fully saturated rings. The summed E-state index contributed by atoms with van der Waals surface area (Å²) in [4.78, 5) is 20.4. The Bertz CT molecular complexity index is 205. The summed E-state index contributed by atoms with van der Waals surface area (Å²) in [6.45, 7) is 4.69. The Labute approximate surface area is 77.6 Å². The number of rotatable bonds is 6. The SMILES string of the molecule is CC(C)CCNC(C=C=O)C(=O)O. The van der Waals surface area contributed by atoms with Gasteiger partial charge in [0, 0.05) is 6.08 Å². The molecular weight excluding hydrogens is 170 g/mol. The second-order valence-electron chi connectivity index (χ2n) is 3.24. The lowest BCUT2D eigenvalue weighted by Gasteiger charge is -2.09. The number of carbonyl (C=O) groups excluding carboxylic acids is 1. The first-order chi connectivity index (χ1) is 6.07. The predicted molar refractivity (Wildman–Crippen MR) is 49.1 cm³/mol. The van der Waals surface area contributed by atoms with E-state index in [0.29, 0.717) is 12.5 Å². The van der Waals surface area contributed by atoms with Crippen molar-refractivity contribution in [2.75, 3.05) is 6.54 Å². The van der Waals surface area contributed by atoms with Gasteiger partial charge in [-0.15, -0.1) is 0 Å². The molecule has 4 heteroatoms. The standard InChI is InChI=1S/C9H15NO3/c1-7(2)3-5-10-8(4-6-11)9(12)13/h4,7-8,10H,3,5H2,1-2H3,(H,12,13). The van der Waals surface area contributed by atoms with Crippen molar-refractivity contribution < 1.29 is 14.7 Å². The molecule has 1 atom stereocenters. The van der Waals surface area contributed by atoms with Crippen LogP contribution in [0.1, 0.15) is 20.3 Å². The summed E-state index contributed by atoms with van der Waals surface area (Å²) < 4.78 is 0. The highest BCUT2D eigenvalue weighted by molar-refractivity contribution is 5.78. The van der Waals surface area contributed by atoms with E-state index in [4.69, 9.17) is 5.11 Å². The van der Waals surface area contributed by atoms with Gasteiger partial charge in [0.05, 0.1) is 0 Å². The van der Waals surface area contributed by atoms with Gasteiger partial charge in [-0.2, -0.15) is 0 Å². The van der Waals surface area contributed by atoms with Crippen LogP contribution in [0.5, 0.6) is 0 Å². The molecule has 0 saturated carbocycles. The second kappa shape index (κ2) is 6.40. The molecule has 0 radical (unpaired) electrons. The molecule has 0 rings (SSSR count). The van der Waals surface area contributed by atoms with Gasteiger partial charge >= 0.3 is 5.97 Å². The van der Waals surface area contributed by atoms with E-state index >= 15 is 0 Å². The number of hydrogen-bond donors (Lipinski definition) is 2. The first kappa shape index (κ1) is 11.9. The summed E-state index contributed by atoms with van der Waals surface area (Å²) in [5.74, 6) is 0.936. The van der Waals surface area contributed by atoms with Gasteiger partial charge in [0.25, 0.3) is 0 Å². The average Bonchev–Trinajstić information content (AvgIpc) is 2.02. The molecule has 0 aromatic rings. The lowest BCUT2D eigenvalue weighted by molar-refractivity contribution is -0.138. The summed E-state index contributed by atoms with van der Waals surface area (Å²) in [6.07, 6.45) is 1.86. The largest absolute Gasteiger partial charge is 0.480 e. The normalized spacial score (nSPS) is 12.2. The van der Waals surface area contributed by atoms with Crippen LogP contribution in [0.3, 0.4) is 0 Å². The number of carboxylic acids is 1. The van der Waals surface area contributed by atoms with Crippen molar-refractivity contribution in [3.63, 3.8) is 0 Å². The molecule has 2 N–H and O–H groups in total. The van der Waals surface area contributed by atoms with Crippen molar-refractivity contribution in [1.82, 2.24) is 5.32 Å². The van der Waals surface area contributed by atoms with Gasteiger partial charge in [0.15, 0.2) is 0 Å². The third kappa shape index (κ3) is 6.08. The molecule has 0 aliphatic carbocycles. The maximum atomic E-state index is 10.5. The number of carbonyl (C=O) groups is 1. The van der Waals surface area contributed by atoms with E-state index in [-0.39, 0.29) is 0 Å². The van der Waals surface area contributed by atoms with Crippen molar-refractivity contribution in [3.8, 4) is 0 Å². The Hall–Kier alpha value is -1.12. The number of nitrogens with one attached hydrogen (secondary N) is 1. The predicted octanol–water partition coefficient (Wildman–Crippen LogP) is 0.463. The summed E-state index contributed by atoms with van der Waals surface area (Å²) >= 11 is 0. The minimum Gasteiger partial charge on any atom is -0.480 e. The highest BCUT2D eigenvalue weighted by Crippen LogP contribution is 1.97. The number of carboxylic acid groups (broad SMARTS) is 1. The third-order valence-corrected chi connectivity index (χ3v) is 1.59. The number of hydrogen-bond acceptors (Lipinski definition) is 3. The van der Waals surface area contributed by atoms with E-state index in [2.05, 4.69) is 5.32 Å². The maximum absolute atomic E-state index is 10.5. The fraction of sp³-hybridized carbons (Fsp3) is 0.667. The molecule has 74 valence electrons. The smallest absolute Gasteiger partial charge is 0.325 e. The Morgan fingerprint density at radius 2 is 2.23 bits per heavy atom. The molecule has 0 spiro atoms. The minimum absolute atomic E-state index is 0.516. The molecule has 13 heavy (non-hydrogen) atoms. The summed E-state index contributed by atoms with van der Waals surface area (Å²) in [5.41, 5.74) is 0. The van der Waals surface area contributed by atoms with Gasteiger partial charge in [0.2, 0.25) is 0 Å². The Morgan fingerprint density at radius 1 is 1.62 bits per heavy atom. The molecule has 0 aromatic heterocycles.